The van der Waals surface area contributed by atoms with Crippen LogP contribution in [0, 0.1) is 17.6 Å². The Morgan fingerprint density at radius 3 is 2.50 bits per heavy atom. The molecular formula is C27H32F2O. The number of halogens is 2. The van der Waals surface area contributed by atoms with E-state index in [-0.39, 0.29) is 5.75 Å². The predicted octanol–water partition coefficient (Wildman–Crippen LogP) is 7.99. The highest BCUT2D eigenvalue weighted by Crippen LogP contribution is 2.32. The van der Waals surface area contributed by atoms with Crippen LogP contribution in [0.5, 0.6) is 5.75 Å². The van der Waals surface area contributed by atoms with Crippen LogP contribution in [-0.2, 0) is 6.42 Å². The average molecular weight is 411 g/mol. The largest absolute Gasteiger partial charge is 0.491 e. The van der Waals surface area contributed by atoms with Gasteiger partial charge in [0.2, 0.25) is 5.82 Å². The van der Waals surface area contributed by atoms with Crippen molar-refractivity contribution in [3.63, 3.8) is 0 Å². The monoisotopic (exact) mass is 410 g/mol. The van der Waals surface area contributed by atoms with Gasteiger partial charge in [0.1, 0.15) is 0 Å². The van der Waals surface area contributed by atoms with E-state index in [0.717, 1.165) is 11.5 Å². The summed E-state index contributed by atoms with van der Waals surface area (Å²) in [5, 5.41) is 0. The van der Waals surface area contributed by atoms with Gasteiger partial charge in [-0.1, -0.05) is 68.3 Å². The van der Waals surface area contributed by atoms with Crippen molar-refractivity contribution in [2.45, 2.75) is 58.8 Å². The van der Waals surface area contributed by atoms with Crippen LogP contribution in [0.2, 0.25) is 0 Å². The molecule has 3 heteroatoms. The smallest absolute Gasteiger partial charge is 0.200 e. The molecule has 0 aromatic heterocycles. The minimum atomic E-state index is -0.896. The highest BCUT2D eigenvalue weighted by atomic mass is 19.2. The zero-order chi connectivity index (χ0) is 21.3. The van der Waals surface area contributed by atoms with Crippen molar-refractivity contribution in [2.75, 3.05) is 6.61 Å². The molecule has 0 radical (unpaired) electrons. The Bertz CT molecular complexity index is 880. The number of aryl methyl sites for hydroxylation is 1. The third kappa shape index (κ3) is 5.81. The number of rotatable bonds is 9. The van der Waals surface area contributed by atoms with E-state index in [2.05, 4.69) is 37.3 Å². The van der Waals surface area contributed by atoms with Crippen LogP contribution in [-0.4, -0.2) is 6.61 Å². The lowest BCUT2D eigenvalue weighted by molar-refractivity contribution is 0.313. The molecule has 0 saturated carbocycles. The second-order valence-corrected chi connectivity index (χ2v) is 8.01. The van der Waals surface area contributed by atoms with Gasteiger partial charge in [-0.25, -0.2) is 4.39 Å². The summed E-state index contributed by atoms with van der Waals surface area (Å²) in [6, 6.07) is 11.7. The van der Waals surface area contributed by atoms with E-state index in [1.165, 1.54) is 49.3 Å². The first kappa shape index (κ1) is 22.3. The molecule has 2 aromatic carbocycles. The van der Waals surface area contributed by atoms with Crippen LogP contribution in [0.3, 0.4) is 0 Å². The normalized spacial score (nSPS) is 16.7. The van der Waals surface area contributed by atoms with E-state index in [1.807, 2.05) is 12.2 Å². The van der Waals surface area contributed by atoms with Gasteiger partial charge < -0.3 is 4.74 Å². The van der Waals surface area contributed by atoms with Crippen molar-refractivity contribution in [3.8, 4) is 5.75 Å². The second-order valence-electron chi connectivity index (χ2n) is 8.01. The van der Waals surface area contributed by atoms with Crippen LogP contribution >= 0.6 is 0 Å². The molecule has 160 valence electrons. The molecule has 0 aliphatic heterocycles. The third-order valence-corrected chi connectivity index (χ3v) is 5.82. The van der Waals surface area contributed by atoms with Crippen molar-refractivity contribution < 1.29 is 13.5 Å². The van der Waals surface area contributed by atoms with Crippen molar-refractivity contribution in [2.24, 2.45) is 5.92 Å². The zero-order valence-corrected chi connectivity index (χ0v) is 18.1. The molecular weight excluding hydrogens is 378 g/mol. The maximum Gasteiger partial charge on any atom is 0.200 e. The maximum atomic E-state index is 14.1. The molecule has 0 fully saturated rings. The molecule has 1 aliphatic rings. The molecule has 3 rings (SSSR count). The first-order valence-corrected chi connectivity index (χ1v) is 11.2. The summed E-state index contributed by atoms with van der Waals surface area (Å²) in [7, 11) is 0. The van der Waals surface area contributed by atoms with Crippen LogP contribution < -0.4 is 4.74 Å². The molecule has 0 spiro atoms. The minimum Gasteiger partial charge on any atom is -0.491 e. The fourth-order valence-electron chi connectivity index (χ4n) is 4.12. The lowest BCUT2D eigenvalue weighted by atomic mass is 9.84. The Labute approximate surface area is 179 Å². The van der Waals surface area contributed by atoms with Gasteiger partial charge in [-0.15, -0.1) is 0 Å². The lowest BCUT2D eigenvalue weighted by Crippen LogP contribution is -2.04. The molecule has 1 atom stereocenters. The van der Waals surface area contributed by atoms with E-state index in [0.29, 0.717) is 25.0 Å². The van der Waals surface area contributed by atoms with E-state index >= 15 is 0 Å². The highest BCUT2D eigenvalue weighted by Gasteiger charge is 2.15. The Morgan fingerprint density at radius 2 is 1.83 bits per heavy atom. The minimum absolute atomic E-state index is 0.0247. The molecule has 2 aromatic rings. The summed E-state index contributed by atoms with van der Waals surface area (Å²) in [6.07, 6.45) is 13.8. The Hall–Kier alpha value is -2.42. The lowest BCUT2D eigenvalue weighted by Gasteiger charge is -2.21. The summed E-state index contributed by atoms with van der Waals surface area (Å²) in [4.78, 5) is 0. The topological polar surface area (TPSA) is 9.23 Å². The van der Waals surface area contributed by atoms with Gasteiger partial charge >= 0.3 is 0 Å². The van der Waals surface area contributed by atoms with Crippen molar-refractivity contribution in [3.05, 3.63) is 76.9 Å². The predicted molar refractivity (Wildman–Crippen MR) is 122 cm³/mol. The molecule has 0 amide bonds. The summed E-state index contributed by atoms with van der Waals surface area (Å²) in [5.41, 5.74) is 4.28. The van der Waals surface area contributed by atoms with E-state index in [4.69, 9.17) is 4.74 Å². The standard InChI is InChI=1S/C27H32F2O/c1-3-7-20-10-14-22(15-11-20)23-16-12-21(13-17-23)8-5-6-9-24-18-19-25(30-4-2)27(29)26(24)28/h5,8,12-14,16-20H,3-4,6-7,9-11,15H2,1-2H3/b8-5+. The van der Waals surface area contributed by atoms with Gasteiger partial charge in [-0.2, -0.15) is 4.39 Å². The van der Waals surface area contributed by atoms with Gasteiger partial charge in [0.25, 0.3) is 0 Å². The Kier molecular flexibility index (Phi) is 8.24. The quantitative estimate of drug-likeness (QED) is 0.407. The second kappa shape index (κ2) is 11.1. The summed E-state index contributed by atoms with van der Waals surface area (Å²) >= 11 is 0. The first-order valence-electron chi connectivity index (χ1n) is 11.2. The summed E-state index contributed by atoms with van der Waals surface area (Å²) in [5.74, 6) is -0.870. The van der Waals surface area contributed by atoms with Crippen molar-refractivity contribution >= 4 is 11.6 Å². The van der Waals surface area contributed by atoms with E-state index < -0.39 is 11.6 Å². The number of ether oxygens (including phenoxy) is 1. The Balaban J connectivity index is 1.53. The molecule has 1 nitrogen and oxygen atoms in total. The SMILES string of the molecule is CCCC1CC=C(c2ccc(/C=C/CCc3ccc(OCC)c(F)c3F)cc2)CC1. The van der Waals surface area contributed by atoms with Crippen LogP contribution in [0.25, 0.3) is 11.6 Å². The highest BCUT2D eigenvalue weighted by molar-refractivity contribution is 5.67. The number of allylic oxidation sites excluding steroid dienone is 3. The maximum absolute atomic E-state index is 14.1. The van der Waals surface area contributed by atoms with Crippen LogP contribution in [0.15, 0.2) is 48.6 Å². The fraction of sp³-hybridized carbons (Fsp3) is 0.407. The summed E-state index contributed by atoms with van der Waals surface area (Å²) < 4.78 is 33.2. The van der Waals surface area contributed by atoms with E-state index in [9.17, 15) is 8.78 Å². The summed E-state index contributed by atoms with van der Waals surface area (Å²) in [6.45, 7) is 4.32. The van der Waals surface area contributed by atoms with Crippen LogP contribution in [0.1, 0.15) is 69.1 Å². The average Bonchev–Trinajstić information content (AvgIpc) is 2.77. The first-order chi connectivity index (χ1) is 14.6. The van der Waals surface area contributed by atoms with Gasteiger partial charge in [0.15, 0.2) is 11.6 Å². The van der Waals surface area contributed by atoms with Gasteiger partial charge in [0, 0.05) is 0 Å². The molecule has 0 N–H and O–H groups in total. The zero-order valence-electron chi connectivity index (χ0n) is 18.1. The van der Waals surface area contributed by atoms with Crippen LogP contribution in [0.4, 0.5) is 8.78 Å². The number of hydrogen-bond donors (Lipinski definition) is 0. The van der Waals surface area contributed by atoms with Crippen molar-refractivity contribution in [1.82, 2.24) is 0 Å². The number of hydrogen-bond acceptors (Lipinski definition) is 1. The van der Waals surface area contributed by atoms with Gasteiger partial charge in [0.05, 0.1) is 6.61 Å². The van der Waals surface area contributed by atoms with E-state index in [1.54, 1.807) is 13.0 Å². The van der Waals surface area contributed by atoms with Gasteiger partial charge in [-0.3, -0.25) is 0 Å². The molecule has 1 aliphatic carbocycles. The molecule has 0 saturated heterocycles. The fourth-order valence-corrected chi connectivity index (χ4v) is 4.12. The molecule has 0 bridgehead atoms. The number of benzene rings is 2. The van der Waals surface area contributed by atoms with Crippen molar-refractivity contribution in [1.29, 1.82) is 0 Å². The molecule has 30 heavy (non-hydrogen) atoms. The molecule has 1 unspecified atom stereocenters. The van der Waals surface area contributed by atoms with Gasteiger partial charge in [-0.05, 0) is 73.3 Å². The molecule has 0 heterocycles. The third-order valence-electron chi connectivity index (χ3n) is 5.82. The Morgan fingerprint density at radius 1 is 1.03 bits per heavy atom.